The summed E-state index contributed by atoms with van der Waals surface area (Å²) < 4.78 is 60.6. The first kappa shape index (κ1) is 21.1. The van der Waals surface area contributed by atoms with Crippen LogP contribution >= 0.6 is 0 Å². The molecule has 1 aliphatic rings. The van der Waals surface area contributed by atoms with Crippen molar-refractivity contribution >= 4 is 11.7 Å². The summed E-state index contributed by atoms with van der Waals surface area (Å²) in [5.74, 6) is -2.04. The Hall–Kier alpha value is -3.62. The van der Waals surface area contributed by atoms with E-state index in [-0.39, 0.29) is 35.0 Å². The normalized spacial score (nSPS) is 13.6. The third-order valence-corrected chi connectivity index (χ3v) is 3.98. The van der Waals surface area contributed by atoms with E-state index in [1.54, 1.807) is 13.0 Å². The van der Waals surface area contributed by atoms with Crippen LogP contribution in [0.1, 0.15) is 22.3 Å². The predicted molar refractivity (Wildman–Crippen MR) is 98.6 cm³/mol. The van der Waals surface area contributed by atoms with E-state index in [4.69, 9.17) is 4.74 Å². The third-order valence-electron chi connectivity index (χ3n) is 3.98. The van der Waals surface area contributed by atoms with E-state index in [1.165, 1.54) is 24.3 Å². The number of carbonyl (C=O) groups excluding carboxylic acids is 2. The van der Waals surface area contributed by atoms with Gasteiger partial charge in [0.15, 0.2) is 5.78 Å². The smallest absolute Gasteiger partial charge is 0.456 e. The zero-order valence-corrected chi connectivity index (χ0v) is 15.5. The lowest BCUT2D eigenvalue weighted by Crippen LogP contribution is -2.24. The summed E-state index contributed by atoms with van der Waals surface area (Å²) in [5.41, 5.74) is 0.329. The molecule has 3 rings (SSSR count). The average molecular weight is 421 g/mol. The number of amides is 1. The van der Waals surface area contributed by atoms with Gasteiger partial charge in [0.2, 0.25) is 0 Å². The van der Waals surface area contributed by atoms with Gasteiger partial charge in [-0.3, -0.25) is 9.59 Å². The topological polar surface area (TPSA) is 64.6 Å². The van der Waals surface area contributed by atoms with Crippen molar-refractivity contribution in [1.29, 1.82) is 0 Å². The Balaban J connectivity index is 1.95. The van der Waals surface area contributed by atoms with Gasteiger partial charge in [0.05, 0.1) is 5.56 Å². The highest BCUT2D eigenvalue weighted by molar-refractivity contribution is 6.00. The molecule has 0 radical (unpaired) electrons. The largest absolute Gasteiger partial charge is 0.573 e. The average Bonchev–Trinajstić information content (AvgIpc) is 2.64. The van der Waals surface area contributed by atoms with Crippen LogP contribution in [0, 0.1) is 12.7 Å². The van der Waals surface area contributed by atoms with Crippen molar-refractivity contribution in [3.8, 4) is 17.2 Å². The van der Waals surface area contributed by atoms with Crippen molar-refractivity contribution in [2.24, 2.45) is 0 Å². The number of nitrogens with one attached hydrogen (secondary N) is 1. The van der Waals surface area contributed by atoms with Gasteiger partial charge in [0.1, 0.15) is 23.1 Å². The monoisotopic (exact) mass is 421 g/mol. The number of rotatable bonds is 5. The maximum Gasteiger partial charge on any atom is 0.573 e. The SMILES string of the molecule is Cc1cc(F)ccc1Oc1ccc(OC(F)(F)F)cc1C(=O)NC1=CC(=O)CC=C1. The highest BCUT2D eigenvalue weighted by Gasteiger charge is 2.32. The molecule has 0 saturated carbocycles. The molecule has 0 bridgehead atoms. The number of aryl methyl sites for hydroxylation is 1. The zero-order chi connectivity index (χ0) is 21.9. The summed E-state index contributed by atoms with van der Waals surface area (Å²) in [6.45, 7) is 1.57. The molecule has 0 saturated heterocycles. The van der Waals surface area contributed by atoms with Crippen molar-refractivity contribution in [3.63, 3.8) is 0 Å². The number of halogens is 4. The highest BCUT2D eigenvalue weighted by atomic mass is 19.4. The molecule has 0 atom stereocenters. The fourth-order valence-electron chi connectivity index (χ4n) is 2.68. The molecule has 5 nitrogen and oxygen atoms in total. The highest BCUT2D eigenvalue weighted by Crippen LogP contribution is 2.33. The third kappa shape index (κ3) is 5.47. The van der Waals surface area contributed by atoms with Gasteiger partial charge in [-0.25, -0.2) is 4.39 Å². The summed E-state index contributed by atoms with van der Waals surface area (Å²) in [7, 11) is 0. The molecule has 0 aromatic heterocycles. The second-order valence-electron chi connectivity index (χ2n) is 6.34. The number of benzene rings is 2. The minimum absolute atomic E-state index is 0.0801. The van der Waals surface area contributed by atoms with Crippen molar-refractivity contribution in [1.82, 2.24) is 5.32 Å². The molecule has 156 valence electrons. The molecule has 1 amide bonds. The van der Waals surface area contributed by atoms with Crippen LogP contribution in [0.4, 0.5) is 17.6 Å². The van der Waals surface area contributed by atoms with E-state index >= 15 is 0 Å². The Labute approximate surface area is 168 Å². The maximum absolute atomic E-state index is 13.3. The molecule has 0 heterocycles. The molecule has 9 heteroatoms. The number of hydrogen-bond acceptors (Lipinski definition) is 4. The number of alkyl halides is 3. The number of ketones is 1. The van der Waals surface area contributed by atoms with E-state index < -0.39 is 23.8 Å². The summed E-state index contributed by atoms with van der Waals surface area (Å²) in [4.78, 5) is 24.2. The Morgan fingerprint density at radius 1 is 1.10 bits per heavy atom. The molecule has 0 spiro atoms. The van der Waals surface area contributed by atoms with E-state index in [2.05, 4.69) is 10.1 Å². The van der Waals surface area contributed by atoms with E-state index in [0.717, 1.165) is 24.3 Å². The quantitative estimate of drug-likeness (QED) is 0.693. The minimum atomic E-state index is -4.95. The van der Waals surface area contributed by atoms with Crippen molar-refractivity contribution in [2.45, 2.75) is 19.7 Å². The summed E-state index contributed by atoms with van der Waals surface area (Å²) in [6.07, 6.45) is -0.518. The number of ether oxygens (including phenoxy) is 2. The van der Waals surface area contributed by atoms with Crippen LogP contribution < -0.4 is 14.8 Å². The van der Waals surface area contributed by atoms with Crippen LogP contribution in [-0.2, 0) is 4.79 Å². The summed E-state index contributed by atoms with van der Waals surface area (Å²) in [5, 5.41) is 2.44. The molecule has 0 unspecified atom stereocenters. The van der Waals surface area contributed by atoms with Crippen LogP contribution in [0.2, 0.25) is 0 Å². The molecule has 30 heavy (non-hydrogen) atoms. The fourth-order valence-corrected chi connectivity index (χ4v) is 2.68. The van der Waals surface area contributed by atoms with Crippen molar-refractivity contribution < 1.29 is 36.6 Å². The van der Waals surface area contributed by atoms with E-state index in [1.807, 2.05) is 0 Å². The molecular weight excluding hydrogens is 406 g/mol. The van der Waals surface area contributed by atoms with Crippen LogP contribution in [0.5, 0.6) is 17.2 Å². The molecule has 1 N–H and O–H groups in total. The van der Waals surface area contributed by atoms with Gasteiger partial charge in [-0.2, -0.15) is 0 Å². The van der Waals surface area contributed by atoms with Gasteiger partial charge in [0, 0.05) is 18.2 Å². The molecule has 2 aromatic rings. The van der Waals surface area contributed by atoms with Crippen molar-refractivity contribution in [3.05, 3.63) is 77.3 Å². The van der Waals surface area contributed by atoms with Gasteiger partial charge in [-0.15, -0.1) is 13.2 Å². The van der Waals surface area contributed by atoms with Crippen LogP contribution in [0.15, 0.2) is 60.3 Å². The Kier molecular flexibility index (Phi) is 5.91. The lowest BCUT2D eigenvalue weighted by molar-refractivity contribution is -0.274. The number of hydrogen-bond donors (Lipinski definition) is 1. The molecule has 0 fully saturated rings. The van der Waals surface area contributed by atoms with Crippen LogP contribution in [-0.4, -0.2) is 18.1 Å². The first-order valence-electron chi connectivity index (χ1n) is 8.67. The Morgan fingerprint density at radius 3 is 2.50 bits per heavy atom. The Bertz CT molecular complexity index is 1060. The van der Waals surface area contributed by atoms with Gasteiger partial charge < -0.3 is 14.8 Å². The standard InChI is InChI=1S/C21H15F4NO4/c1-12-9-13(22)5-7-18(12)29-19-8-6-16(30-21(23,24)25)11-17(19)20(28)26-14-3-2-4-15(27)10-14/h2-3,5-11H,4H2,1H3,(H,26,28). The first-order valence-corrected chi connectivity index (χ1v) is 8.67. The van der Waals surface area contributed by atoms with Gasteiger partial charge in [-0.05, 0) is 55.0 Å². The summed E-state index contributed by atoms with van der Waals surface area (Å²) in [6, 6.07) is 6.67. The maximum atomic E-state index is 13.3. The molecule has 1 aliphatic carbocycles. The number of allylic oxidation sites excluding steroid dienone is 3. The second kappa shape index (κ2) is 8.40. The van der Waals surface area contributed by atoms with Gasteiger partial charge in [-0.1, -0.05) is 6.08 Å². The summed E-state index contributed by atoms with van der Waals surface area (Å²) >= 11 is 0. The minimum Gasteiger partial charge on any atom is -0.456 e. The predicted octanol–water partition coefficient (Wildman–Crippen LogP) is 4.97. The fraction of sp³-hybridized carbons (Fsp3) is 0.143. The van der Waals surface area contributed by atoms with E-state index in [9.17, 15) is 27.2 Å². The first-order chi connectivity index (χ1) is 14.1. The number of carbonyl (C=O) groups is 2. The van der Waals surface area contributed by atoms with Crippen LogP contribution in [0.25, 0.3) is 0 Å². The van der Waals surface area contributed by atoms with Crippen molar-refractivity contribution in [2.75, 3.05) is 0 Å². The van der Waals surface area contributed by atoms with Gasteiger partial charge in [0.25, 0.3) is 5.91 Å². The van der Waals surface area contributed by atoms with Crippen LogP contribution in [0.3, 0.4) is 0 Å². The Morgan fingerprint density at radius 2 is 1.83 bits per heavy atom. The molecule has 0 aliphatic heterocycles. The van der Waals surface area contributed by atoms with E-state index in [0.29, 0.717) is 5.56 Å². The van der Waals surface area contributed by atoms with Gasteiger partial charge >= 0.3 is 6.36 Å². The second-order valence-corrected chi connectivity index (χ2v) is 6.34. The zero-order valence-electron chi connectivity index (χ0n) is 15.5. The lowest BCUT2D eigenvalue weighted by Gasteiger charge is -2.16. The molecule has 2 aromatic carbocycles. The lowest BCUT2D eigenvalue weighted by atomic mass is 10.1. The molecular formula is C21H15F4NO4.